The fourth-order valence-corrected chi connectivity index (χ4v) is 18.3. The summed E-state index contributed by atoms with van der Waals surface area (Å²) in [6.07, 6.45) is 3.53. The monoisotopic (exact) mass is 1110 g/mol. The first-order valence-corrected chi connectivity index (χ1v) is 30.0. The lowest BCUT2D eigenvalue weighted by Crippen LogP contribution is -3.14. The van der Waals surface area contributed by atoms with Crippen molar-refractivity contribution in [3.8, 4) is 0 Å². The molecular weight excluding hydrogens is 1040 g/mol. The lowest BCUT2D eigenvalue weighted by molar-refractivity contribution is -0.870. The highest BCUT2D eigenvalue weighted by molar-refractivity contribution is 8.78. The van der Waals surface area contributed by atoms with Crippen molar-refractivity contribution in [2.45, 2.75) is 136 Å². The van der Waals surface area contributed by atoms with E-state index in [9.17, 15) is 45.6 Å². The zero-order valence-electron chi connectivity index (χ0n) is 41.3. The van der Waals surface area contributed by atoms with Crippen molar-refractivity contribution in [1.29, 1.82) is 0 Å². The number of nitrogens with one attached hydrogen (secondary N) is 3. The summed E-state index contributed by atoms with van der Waals surface area (Å²) >= 11 is 0. The number of carbonyl (C=O) groups excluding carboxylic acids is 1. The maximum Gasteiger partial charge on any atom is 0.343 e. The summed E-state index contributed by atoms with van der Waals surface area (Å²) in [6, 6.07) is -1.15. The second-order valence-corrected chi connectivity index (χ2v) is 25.5. The maximum atomic E-state index is 15.2. The predicted molar refractivity (Wildman–Crippen MR) is 280 cm³/mol. The molecule has 74 heavy (non-hydrogen) atoms. The molecule has 0 aromatic heterocycles. The Balaban J connectivity index is 1.40. The number of quaternary nitrogens is 1. The van der Waals surface area contributed by atoms with Gasteiger partial charge in [0.05, 0.1) is 53.6 Å². The first-order valence-electron chi connectivity index (χ1n) is 25.2. The van der Waals surface area contributed by atoms with Crippen LogP contribution in [0, 0.1) is 23.2 Å². The molecule has 412 valence electrons. The van der Waals surface area contributed by atoms with E-state index in [4.69, 9.17) is 40.1 Å². The van der Waals surface area contributed by atoms with E-state index >= 15 is 4.79 Å². The normalized spacial score (nSPS) is 39.5. The Morgan fingerprint density at radius 3 is 2.65 bits per heavy atom. The van der Waals surface area contributed by atoms with Crippen molar-refractivity contribution < 1.29 is 79.0 Å². The van der Waals surface area contributed by atoms with Crippen LogP contribution in [0.25, 0.3) is 0 Å². The molecule has 15 N–H and O–H groups in total. The Labute approximate surface area is 445 Å². The Bertz CT molecular complexity index is 2240. The van der Waals surface area contributed by atoms with Gasteiger partial charge in [-0.3, -0.25) is 14.9 Å². The summed E-state index contributed by atoms with van der Waals surface area (Å²) < 4.78 is 32.2. The summed E-state index contributed by atoms with van der Waals surface area (Å²) in [7, 11) is 6.41. The Kier molecular flexibility index (Phi) is 19.4. The second-order valence-electron chi connectivity index (χ2n) is 20.3. The highest BCUT2D eigenvalue weighted by Crippen LogP contribution is 2.52. The van der Waals surface area contributed by atoms with Crippen LogP contribution in [0.4, 0.5) is 0 Å². The average molecular weight is 1120 g/mol. The lowest BCUT2D eigenvalue weighted by Gasteiger charge is -2.51. The number of aliphatic hydroxyl groups is 7. The minimum Gasteiger partial charge on any atom is -0.477 e. The van der Waals surface area contributed by atoms with Gasteiger partial charge in [-0.05, 0) is 64.7 Å². The summed E-state index contributed by atoms with van der Waals surface area (Å²) in [5.74, 6) is -5.41. The average Bonchev–Trinajstić information content (AvgIpc) is 3.74. The van der Waals surface area contributed by atoms with Crippen molar-refractivity contribution in [3.63, 3.8) is 0 Å². The molecule has 0 aromatic carbocycles. The van der Waals surface area contributed by atoms with Gasteiger partial charge in [-0.25, -0.2) is 9.59 Å². The third-order valence-electron chi connectivity index (χ3n) is 15.1. The Morgan fingerprint density at radius 1 is 1.11 bits per heavy atom. The number of rotatable bonds is 12. The molecule has 1 aliphatic carbocycles. The van der Waals surface area contributed by atoms with Gasteiger partial charge >= 0.3 is 11.9 Å². The van der Waals surface area contributed by atoms with Gasteiger partial charge in [0.15, 0.2) is 24.3 Å². The molecule has 8 bridgehead atoms. The van der Waals surface area contributed by atoms with E-state index in [1.54, 1.807) is 75.4 Å². The predicted octanol–water partition coefficient (Wildman–Crippen LogP) is -1.03. The maximum absolute atomic E-state index is 15.2. The van der Waals surface area contributed by atoms with E-state index in [1.807, 2.05) is 12.2 Å². The van der Waals surface area contributed by atoms with E-state index in [-0.39, 0.29) is 103 Å². The topological polar surface area (TPSA) is 347 Å². The summed E-state index contributed by atoms with van der Waals surface area (Å²) in [5.41, 5.74) is 12.1. The first-order chi connectivity index (χ1) is 35.5. The van der Waals surface area contributed by atoms with Crippen LogP contribution in [0.3, 0.4) is 0 Å². The number of aliphatic hydroxyl groups excluding tert-OH is 5. The van der Waals surface area contributed by atoms with Crippen molar-refractivity contribution in [3.05, 3.63) is 59.2 Å². The molecule has 1 spiro atoms. The summed E-state index contributed by atoms with van der Waals surface area (Å²) in [5, 5.41) is 93.4. The van der Waals surface area contributed by atoms with Gasteiger partial charge in [-0.15, -0.1) is 0 Å². The van der Waals surface area contributed by atoms with Crippen LogP contribution in [-0.2, 0) is 33.3 Å². The third kappa shape index (κ3) is 12.4. The van der Waals surface area contributed by atoms with Crippen LogP contribution in [-0.4, -0.2) is 193 Å². The van der Waals surface area contributed by atoms with Crippen LogP contribution < -0.4 is 27.0 Å². The van der Waals surface area contributed by atoms with Crippen LogP contribution in [0.15, 0.2) is 69.2 Å². The molecule has 8 rings (SSSR count). The van der Waals surface area contributed by atoms with Crippen LogP contribution in [0.1, 0.15) is 58.8 Å². The van der Waals surface area contributed by atoms with Gasteiger partial charge in [0.1, 0.15) is 42.7 Å². The Morgan fingerprint density at radius 2 is 1.92 bits per heavy atom. The number of aliphatic imine (C=N–C) groups is 2. The number of ether oxygens (including phenoxy) is 5. The Hall–Kier alpha value is -3.06. The smallest absolute Gasteiger partial charge is 0.343 e. The van der Waals surface area contributed by atoms with Crippen LogP contribution >= 0.6 is 43.2 Å². The number of esters is 1. The number of guanidine groups is 2. The molecule has 2 fully saturated rings. The number of carboxylic acid groups (broad SMARTS) is 1. The van der Waals surface area contributed by atoms with E-state index in [0.29, 0.717) is 60.5 Å². The summed E-state index contributed by atoms with van der Waals surface area (Å²) in [6.45, 7) is 2.16. The molecule has 1 unspecified atom stereocenters. The number of fused-ring (bicyclic) bond motifs is 9. The highest BCUT2D eigenvalue weighted by Gasteiger charge is 2.60. The number of nitrogens with zero attached hydrogens (tertiary/aromatic N) is 2. The number of nitrogens with two attached hydrogens (primary N) is 2. The highest BCUT2D eigenvalue weighted by atomic mass is 33.1. The second kappa shape index (κ2) is 25.2. The lowest BCUT2D eigenvalue weighted by atomic mass is 9.66. The quantitative estimate of drug-likeness (QED) is 0.0211. The number of carbonyl (C=O) groups is 2. The molecule has 16 atom stereocenters. The van der Waals surface area contributed by atoms with Gasteiger partial charge in [0, 0.05) is 60.0 Å². The van der Waals surface area contributed by atoms with Gasteiger partial charge in [0.25, 0.3) is 0 Å². The molecule has 0 radical (unpaired) electrons. The SMILES string of the molecule is CC(C)O[C@H]1[C@H](O[C@@H]2OC=C3C(=O)O[C@H]4CC[C@H](CO)[C@@H]4CSS[C@@H]4[C@@H]5C[C@@H]6C[C@H](CC[C@@]2(/C=C/CSS5)[C@@H]3/C=C/C2=C(NC(N)=NCCCO)C(C(=O)O)=C[NH+](C2)[C@H]4CO)N=C(N)N6)O[C@H](CO)[C@@H](O)C1(O)O. The zero-order valence-corrected chi connectivity index (χ0v) is 44.6. The van der Waals surface area contributed by atoms with E-state index < -0.39 is 84.8 Å². The van der Waals surface area contributed by atoms with Gasteiger partial charge in [-0.1, -0.05) is 67.5 Å². The third-order valence-corrected chi connectivity index (χ3v) is 21.1. The minimum absolute atomic E-state index is 0.0670. The molecule has 22 nitrogen and oxygen atoms in total. The molecule has 1 saturated heterocycles. The minimum atomic E-state index is -3.00. The number of hydrogen-bond donors (Lipinski definition) is 13. The van der Waals surface area contributed by atoms with E-state index in [2.05, 4.69) is 15.6 Å². The van der Waals surface area contributed by atoms with Crippen molar-refractivity contribution >= 4 is 67.0 Å². The van der Waals surface area contributed by atoms with Crippen LogP contribution in [0.2, 0.25) is 0 Å². The fourth-order valence-electron chi connectivity index (χ4n) is 11.4. The zero-order chi connectivity index (χ0) is 52.9. The number of aliphatic carboxylic acids is 1. The molecule has 26 heteroatoms. The van der Waals surface area contributed by atoms with Gasteiger partial charge in [-0.2, -0.15) is 0 Å². The largest absolute Gasteiger partial charge is 0.477 e. The number of hydrogen-bond acceptors (Lipinski definition) is 22. The van der Waals surface area contributed by atoms with Gasteiger partial charge in [0.2, 0.25) is 12.1 Å². The van der Waals surface area contributed by atoms with Crippen molar-refractivity contribution in [2.75, 3.05) is 51.0 Å². The molecule has 0 aromatic rings. The van der Waals surface area contributed by atoms with E-state index in [1.165, 1.54) is 6.26 Å². The number of allylic oxidation sites excluding steroid dienone is 1. The fraction of sp³-hybridized carbons (Fsp3) is 0.708. The number of carboxylic acids is 1. The van der Waals surface area contributed by atoms with Crippen molar-refractivity contribution in [1.82, 2.24) is 10.6 Å². The van der Waals surface area contributed by atoms with E-state index in [0.717, 1.165) is 0 Å². The molecule has 0 amide bonds. The van der Waals surface area contributed by atoms with Crippen LogP contribution in [0.5, 0.6) is 0 Å². The van der Waals surface area contributed by atoms with Crippen molar-refractivity contribution in [2.24, 2.45) is 44.6 Å². The molecule has 7 aliphatic heterocycles. The molecule has 8 aliphatic rings. The standard InChI is InChI=1S/C48H71N7O15S4/c1-24(2)67-40-43(69-35(21-59)39(60)48(40,64)65)70-44-47-10-3-14-71-73-36(16-28-15-27(9-11-47)52-46(50)53-28)38-33(20-58)55-17-25(37(29(18-55)41(61)62)54-45(49)51-12-4-13-56)5-7-32(47)30(22-66-44)42(63)68-34-8-6-26(19-57)31(34)23-72-74-38/h3,5,7,10,18,22,24,26-28,31-36,38-40,43-44,56-60,64-65H,4,6,8-9,11-17,19-21,23H2,1-2H3,(H,61,62)(H3,49,51,54)(H3,50,52,53)/p+1/b7-5+,10-3+/t26-,27+,28+,31+,32-,33+,34+,35-,36+,38+,39-,40+,43+,44+,47+/m1/s1. The summed E-state index contributed by atoms with van der Waals surface area (Å²) in [4.78, 5) is 38.7. The first kappa shape index (κ1) is 57.1. The molecule has 1 saturated carbocycles. The molecular formula is C48H72N7O15S4+. The molecule has 7 heterocycles. The van der Waals surface area contributed by atoms with Gasteiger partial charge < -0.3 is 86.6 Å².